The molecule has 0 N–H and O–H groups in total. The van der Waals surface area contributed by atoms with Crippen LogP contribution in [0.2, 0.25) is 0 Å². The maximum absolute atomic E-state index is 12.3. The maximum atomic E-state index is 12.3. The molecular weight excluding hydrogens is 616 g/mol. The molecule has 2 fully saturated rings. The number of hydrogen-bond acceptors (Lipinski definition) is 6. The molecular formula is C34H35F6NO5. The number of alkyl halides is 6. The van der Waals surface area contributed by atoms with Crippen molar-refractivity contribution in [2.45, 2.75) is 63.1 Å². The van der Waals surface area contributed by atoms with Gasteiger partial charge in [0.15, 0.2) is 0 Å². The molecule has 0 aromatic carbocycles. The molecule has 46 heavy (non-hydrogen) atoms. The number of ether oxygens (including phenoxy) is 3. The van der Waals surface area contributed by atoms with E-state index in [9.17, 15) is 35.9 Å². The Morgan fingerprint density at radius 1 is 0.696 bits per heavy atom. The van der Waals surface area contributed by atoms with Crippen molar-refractivity contribution in [1.29, 1.82) is 5.26 Å². The third-order valence-corrected chi connectivity index (χ3v) is 9.76. The molecule has 0 spiro atoms. The zero-order valence-corrected chi connectivity index (χ0v) is 25.3. The fraction of sp³-hybridized carbons (Fsp3) is 0.559. The van der Waals surface area contributed by atoms with Gasteiger partial charge in [0.25, 0.3) is 0 Å². The van der Waals surface area contributed by atoms with Crippen LogP contribution in [0.3, 0.4) is 0 Å². The smallest absolute Gasteiger partial charge is 0.415 e. The van der Waals surface area contributed by atoms with Crippen LogP contribution in [0.15, 0.2) is 70.9 Å². The summed E-state index contributed by atoms with van der Waals surface area (Å²) in [5, 5.41) is 8.60. The summed E-state index contributed by atoms with van der Waals surface area (Å²) in [4.78, 5) is 23.0. The molecule has 2 heterocycles. The number of carbonyl (C=O) groups is 2. The van der Waals surface area contributed by atoms with Crippen molar-refractivity contribution in [1.82, 2.24) is 0 Å². The molecule has 2 aliphatic heterocycles. The number of rotatable bonds is 2. The zero-order valence-electron chi connectivity index (χ0n) is 25.3. The van der Waals surface area contributed by atoms with E-state index < -0.39 is 47.6 Å². The molecule has 9 unspecified atom stereocenters. The number of carbonyl (C=O) groups excluding carboxylic acids is 2. The average Bonchev–Trinajstić information content (AvgIpc) is 3.89. The summed E-state index contributed by atoms with van der Waals surface area (Å²) in [6, 6.07) is 2.34. The van der Waals surface area contributed by atoms with Crippen molar-refractivity contribution >= 4 is 11.9 Å². The second-order valence-electron chi connectivity index (χ2n) is 12.6. The van der Waals surface area contributed by atoms with Gasteiger partial charge < -0.3 is 14.2 Å². The van der Waals surface area contributed by atoms with Gasteiger partial charge >= 0.3 is 24.3 Å². The highest BCUT2D eigenvalue weighted by Gasteiger charge is 2.57. The van der Waals surface area contributed by atoms with Crippen molar-refractivity contribution in [3.63, 3.8) is 0 Å². The minimum atomic E-state index is -5.00. The number of halogens is 6. The number of esters is 2. The first kappa shape index (κ1) is 33.8. The quantitative estimate of drug-likeness (QED) is 0.177. The van der Waals surface area contributed by atoms with Crippen LogP contribution < -0.4 is 0 Å². The predicted octanol–water partition coefficient (Wildman–Crippen LogP) is 7.27. The van der Waals surface area contributed by atoms with Crippen LogP contribution in [-0.2, 0) is 23.8 Å². The van der Waals surface area contributed by atoms with Crippen molar-refractivity contribution < 1.29 is 50.1 Å². The lowest BCUT2D eigenvalue weighted by molar-refractivity contribution is -0.139. The lowest BCUT2D eigenvalue weighted by atomic mass is 9.95. The number of nitrogens with zero attached hydrogens (tertiary/aromatic N) is 1. The molecule has 9 atom stereocenters. The molecule has 8 aliphatic rings. The van der Waals surface area contributed by atoms with Crippen molar-refractivity contribution in [3.8, 4) is 6.07 Å². The third kappa shape index (κ3) is 6.89. The first-order chi connectivity index (χ1) is 21.7. The molecule has 0 saturated heterocycles. The molecule has 8 rings (SSSR count). The van der Waals surface area contributed by atoms with Gasteiger partial charge in [0.2, 0.25) is 0 Å². The van der Waals surface area contributed by atoms with Gasteiger partial charge in [0.1, 0.15) is 12.2 Å². The van der Waals surface area contributed by atoms with E-state index in [0.717, 1.165) is 42.7 Å². The largest absolute Gasteiger partial charge is 0.466 e. The monoisotopic (exact) mass is 651 g/mol. The molecule has 0 amide bonds. The summed E-state index contributed by atoms with van der Waals surface area (Å²) in [6.07, 6.45) is 9.47. The lowest BCUT2D eigenvalue weighted by Crippen LogP contribution is -2.27. The van der Waals surface area contributed by atoms with Gasteiger partial charge in [-0.25, -0.2) is 9.59 Å². The third-order valence-electron chi connectivity index (χ3n) is 9.76. The minimum Gasteiger partial charge on any atom is -0.466 e. The van der Waals surface area contributed by atoms with Gasteiger partial charge in [-0.05, 0) is 62.2 Å². The van der Waals surface area contributed by atoms with Crippen molar-refractivity contribution in [3.05, 3.63) is 70.9 Å². The number of hydrogen-bond donors (Lipinski definition) is 0. The van der Waals surface area contributed by atoms with Gasteiger partial charge in [-0.15, -0.1) is 0 Å². The Morgan fingerprint density at radius 2 is 1.17 bits per heavy atom. The van der Waals surface area contributed by atoms with Gasteiger partial charge in [0.05, 0.1) is 48.5 Å². The Morgan fingerprint density at radius 3 is 1.46 bits per heavy atom. The van der Waals surface area contributed by atoms with Crippen LogP contribution in [-0.4, -0.2) is 50.7 Å². The van der Waals surface area contributed by atoms with E-state index >= 15 is 0 Å². The van der Waals surface area contributed by atoms with Crippen LogP contribution in [0.1, 0.15) is 38.5 Å². The fourth-order valence-corrected chi connectivity index (χ4v) is 7.63. The van der Waals surface area contributed by atoms with E-state index in [1.807, 2.05) is 12.2 Å². The van der Waals surface area contributed by atoms with E-state index in [1.165, 1.54) is 39.9 Å². The fourth-order valence-electron chi connectivity index (χ4n) is 7.63. The summed E-state index contributed by atoms with van der Waals surface area (Å²) >= 11 is 0. The first-order valence-electron chi connectivity index (χ1n) is 15.3. The molecule has 248 valence electrons. The number of methoxy groups -OCH3 is 2. The summed E-state index contributed by atoms with van der Waals surface area (Å²) in [7, 11) is 2.64. The second-order valence-corrected chi connectivity index (χ2v) is 12.6. The summed E-state index contributed by atoms with van der Waals surface area (Å²) in [6.45, 7) is 0. The highest BCUT2D eigenvalue weighted by molar-refractivity contribution is 6.03. The average molecular weight is 652 g/mol. The number of nitriles is 1. The standard InChI is InChI=1S/C11H12O4.C8H4F6O.C8H9N.C7H10/c1-14-10(12)8-6-3-4-7(5-6)9(8)11(13)15-2;9-7(10,11)5-3-1-2-4(15-3)6(5)8(12,13)14;9-5-8-4-6-1-2-7(8)3-6;1-2-7-4-3-6(1)5-7/h3-4,6-7H,5H2,1-2H3;1-4H;1-2,6-8H,3-4H2;1-2,6-7H,3-5H2. The summed E-state index contributed by atoms with van der Waals surface area (Å²) in [5.41, 5.74) is -2.31. The van der Waals surface area contributed by atoms with Crippen LogP contribution in [0.4, 0.5) is 26.3 Å². The first-order valence-corrected chi connectivity index (χ1v) is 15.3. The van der Waals surface area contributed by atoms with Crippen LogP contribution in [0.5, 0.6) is 0 Å². The van der Waals surface area contributed by atoms with Gasteiger partial charge in [0, 0.05) is 11.8 Å². The highest BCUT2D eigenvalue weighted by atomic mass is 19.4. The molecule has 0 radical (unpaired) electrons. The molecule has 0 aromatic rings. The van der Waals surface area contributed by atoms with Crippen LogP contribution in [0.25, 0.3) is 0 Å². The zero-order chi connectivity index (χ0) is 33.4. The highest BCUT2D eigenvalue weighted by Crippen LogP contribution is 2.49. The Balaban J connectivity index is 0.000000126. The van der Waals surface area contributed by atoms with E-state index in [2.05, 4.69) is 44.6 Å². The van der Waals surface area contributed by atoms with E-state index in [0.29, 0.717) is 23.0 Å². The van der Waals surface area contributed by atoms with Gasteiger partial charge in [-0.3, -0.25) is 0 Å². The van der Waals surface area contributed by atoms with Gasteiger partial charge in [-0.1, -0.05) is 48.6 Å². The molecule has 0 aromatic heterocycles. The van der Waals surface area contributed by atoms with Crippen molar-refractivity contribution in [2.24, 2.45) is 41.4 Å². The molecule has 6 aliphatic carbocycles. The summed E-state index contributed by atoms with van der Waals surface area (Å²) < 4.78 is 87.8. The van der Waals surface area contributed by atoms with Crippen LogP contribution in [0, 0.1) is 52.8 Å². The van der Waals surface area contributed by atoms with E-state index in [-0.39, 0.29) is 11.8 Å². The predicted molar refractivity (Wildman–Crippen MR) is 153 cm³/mol. The molecule has 6 nitrogen and oxygen atoms in total. The maximum Gasteiger partial charge on any atom is 0.415 e. The Kier molecular flexibility index (Phi) is 9.73. The number of fused-ring (bicyclic) bond motifs is 8. The Hall–Kier alpha value is -3.59. The molecule has 8 bridgehead atoms. The van der Waals surface area contributed by atoms with E-state index in [4.69, 9.17) is 5.26 Å². The Labute approximate surface area is 263 Å². The van der Waals surface area contributed by atoms with Crippen molar-refractivity contribution in [2.75, 3.05) is 14.2 Å². The summed E-state index contributed by atoms with van der Waals surface area (Å²) in [5.74, 6) is 2.89. The topological polar surface area (TPSA) is 85.6 Å². The molecule has 12 heteroatoms. The second kappa shape index (κ2) is 13.3. The molecule has 2 saturated carbocycles. The van der Waals surface area contributed by atoms with Crippen LogP contribution >= 0.6 is 0 Å². The Bertz CT molecular complexity index is 1370. The van der Waals surface area contributed by atoms with E-state index in [1.54, 1.807) is 0 Å². The number of allylic oxidation sites excluding steroid dienone is 6. The lowest BCUT2D eigenvalue weighted by Gasteiger charge is -2.17. The SMILES string of the molecule is C1=CC2CCC1C2.COC(=O)C1=C(C(=O)OC)C2C=CC1C2.FC(F)(F)C1=C(C(F)(F)F)C2C=CC1O2.N#CC1CC2C=CC1C2. The van der Waals surface area contributed by atoms with Gasteiger partial charge in [-0.2, -0.15) is 31.6 Å². The minimum absolute atomic E-state index is 0.0246. The normalized spacial score (nSPS) is 34.6.